The Morgan fingerprint density at radius 3 is 2.67 bits per heavy atom. The topological polar surface area (TPSA) is 123 Å². The van der Waals surface area contributed by atoms with E-state index in [1.54, 1.807) is 39.9 Å². The number of aryl methyl sites for hydroxylation is 1. The van der Waals surface area contributed by atoms with E-state index in [1.807, 2.05) is 25.1 Å². The van der Waals surface area contributed by atoms with Crippen molar-refractivity contribution in [3.05, 3.63) is 78.1 Å². The zero-order valence-corrected chi connectivity index (χ0v) is 21.3. The van der Waals surface area contributed by atoms with Crippen LogP contribution in [0.15, 0.2) is 60.9 Å². The summed E-state index contributed by atoms with van der Waals surface area (Å²) in [7, 11) is 0. The van der Waals surface area contributed by atoms with Crippen molar-refractivity contribution < 1.29 is 18.8 Å². The van der Waals surface area contributed by atoms with Gasteiger partial charge in [-0.1, -0.05) is 12.1 Å². The molecule has 3 amide bonds. The van der Waals surface area contributed by atoms with Gasteiger partial charge in [0.1, 0.15) is 18.4 Å². The lowest BCUT2D eigenvalue weighted by Gasteiger charge is -2.34. The Morgan fingerprint density at radius 2 is 1.92 bits per heavy atom. The van der Waals surface area contributed by atoms with E-state index in [9.17, 15) is 18.8 Å². The summed E-state index contributed by atoms with van der Waals surface area (Å²) in [6.45, 7) is 1.81. The number of carbonyl (C=O) groups is 3. The molecule has 1 aliphatic heterocycles. The summed E-state index contributed by atoms with van der Waals surface area (Å²) in [4.78, 5) is 49.1. The van der Waals surface area contributed by atoms with Crippen LogP contribution >= 0.6 is 0 Å². The molecular weight excluding hydrogens is 499 g/mol. The maximum atomic E-state index is 13.7. The van der Waals surface area contributed by atoms with Crippen LogP contribution in [0.25, 0.3) is 22.0 Å². The van der Waals surface area contributed by atoms with Crippen molar-refractivity contribution >= 4 is 34.4 Å². The Kier molecular flexibility index (Phi) is 6.09. The summed E-state index contributed by atoms with van der Waals surface area (Å²) < 4.78 is 15.0. The Morgan fingerprint density at radius 1 is 1.10 bits per heavy atom. The SMILES string of the molecule is Cc1cccc(NC(=O)[C@@H]2[C@H]3CC[C@H](C3)N2C(=O)Cn2cc(C(N)=O)c3cc(-c4ccc(F)nc4)ccc32)n1. The summed E-state index contributed by atoms with van der Waals surface area (Å²) in [5.74, 6) is -1.08. The van der Waals surface area contributed by atoms with Gasteiger partial charge in [-0.3, -0.25) is 14.4 Å². The number of rotatable bonds is 6. The first-order valence-electron chi connectivity index (χ1n) is 12.9. The number of hydrogen-bond donors (Lipinski definition) is 2. The molecule has 198 valence electrons. The smallest absolute Gasteiger partial charge is 0.250 e. The number of carbonyl (C=O) groups excluding carboxylic acids is 3. The molecule has 2 aliphatic rings. The van der Waals surface area contributed by atoms with Crippen molar-refractivity contribution in [2.75, 3.05) is 5.32 Å². The number of nitrogens with zero attached hydrogens (tertiary/aromatic N) is 4. The molecule has 3 N–H and O–H groups in total. The minimum absolute atomic E-state index is 0.00117. The third-order valence-electron chi connectivity index (χ3n) is 7.79. The third-order valence-corrected chi connectivity index (χ3v) is 7.79. The van der Waals surface area contributed by atoms with Gasteiger partial charge in [0.15, 0.2) is 0 Å². The highest BCUT2D eigenvalue weighted by Crippen LogP contribution is 2.43. The molecule has 9 nitrogen and oxygen atoms in total. The highest BCUT2D eigenvalue weighted by Gasteiger charge is 2.51. The van der Waals surface area contributed by atoms with Crippen molar-refractivity contribution in [1.82, 2.24) is 19.4 Å². The number of amides is 3. The molecule has 0 unspecified atom stereocenters. The van der Waals surface area contributed by atoms with Gasteiger partial charge >= 0.3 is 0 Å². The molecule has 0 radical (unpaired) electrons. The van der Waals surface area contributed by atoms with Crippen LogP contribution in [0.5, 0.6) is 0 Å². The number of primary amides is 1. The van der Waals surface area contributed by atoms with Crippen molar-refractivity contribution in [2.45, 2.75) is 44.8 Å². The zero-order valence-electron chi connectivity index (χ0n) is 21.3. The maximum Gasteiger partial charge on any atom is 0.250 e. The molecule has 1 saturated heterocycles. The normalized spacial score (nSPS) is 19.9. The van der Waals surface area contributed by atoms with Crippen molar-refractivity contribution in [3.8, 4) is 11.1 Å². The van der Waals surface area contributed by atoms with E-state index in [0.29, 0.717) is 22.3 Å². The fraction of sp³-hybridized carbons (Fsp3) is 0.276. The minimum Gasteiger partial charge on any atom is -0.366 e. The first-order valence-corrected chi connectivity index (χ1v) is 12.9. The Hall–Kier alpha value is -4.60. The predicted molar refractivity (Wildman–Crippen MR) is 143 cm³/mol. The van der Waals surface area contributed by atoms with Crippen LogP contribution in [0.1, 0.15) is 35.3 Å². The maximum absolute atomic E-state index is 13.7. The number of nitrogens with one attached hydrogen (secondary N) is 1. The number of piperidine rings is 1. The molecule has 4 heterocycles. The second-order valence-electron chi connectivity index (χ2n) is 10.3. The van der Waals surface area contributed by atoms with Crippen LogP contribution in [0, 0.1) is 18.8 Å². The number of likely N-dealkylation sites (tertiary alicyclic amines) is 1. The Labute approximate surface area is 223 Å². The number of nitrogens with two attached hydrogens (primary N) is 1. The lowest BCUT2D eigenvalue weighted by Crippen LogP contribution is -2.51. The standard InChI is InChI=1S/C29H27FN6O3/c1-16-3-2-4-25(33-16)34-29(39)27-18-5-8-20(11-18)36(27)26(37)15-35-14-22(28(31)38)21-12-17(6-9-23(21)35)19-7-10-24(30)32-13-19/h2-4,6-7,9-10,12-14,18,20,27H,5,8,11,15H2,1H3,(H2,31,38)(H,33,34,39)/t18-,20+,27-/m0/s1. The second kappa shape index (κ2) is 9.61. The van der Waals surface area contributed by atoms with Gasteiger partial charge in [-0.2, -0.15) is 4.39 Å². The highest BCUT2D eigenvalue weighted by molar-refractivity contribution is 6.07. The van der Waals surface area contributed by atoms with Crippen molar-refractivity contribution in [3.63, 3.8) is 0 Å². The number of fused-ring (bicyclic) bond motifs is 3. The lowest BCUT2D eigenvalue weighted by molar-refractivity contribution is -0.141. The van der Waals surface area contributed by atoms with Crippen LogP contribution in [-0.2, 0) is 16.1 Å². The van der Waals surface area contributed by atoms with Gasteiger partial charge in [0, 0.05) is 40.6 Å². The fourth-order valence-electron chi connectivity index (χ4n) is 6.08. The first kappa shape index (κ1) is 24.7. The molecule has 1 aromatic carbocycles. The molecule has 10 heteroatoms. The molecule has 2 fully saturated rings. The summed E-state index contributed by atoms with van der Waals surface area (Å²) in [6, 6.07) is 13.1. The number of pyridine rings is 2. The fourth-order valence-corrected chi connectivity index (χ4v) is 6.08. The molecule has 2 bridgehead atoms. The van der Waals surface area contributed by atoms with Gasteiger partial charge in [0.25, 0.3) is 5.91 Å². The van der Waals surface area contributed by atoms with E-state index in [1.165, 1.54) is 12.3 Å². The molecule has 1 saturated carbocycles. The van der Waals surface area contributed by atoms with Crippen LogP contribution in [0.4, 0.5) is 10.2 Å². The van der Waals surface area contributed by atoms with E-state index in [4.69, 9.17) is 5.73 Å². The summed E-state index contributed by atoms with van der Waals surface area (Å²) >= 11 is 0. The summed E-state index contributed by atoms with van der Waals surface area (Å²) in [6.07, 6.45) is 5.54. The van der Waals surface area contributed by atoms with E-state index < -0.39 is 17.9 Å². The molecule has 6 rings (SSSR count). The van der Waals surface area contributed by atoms with Crippen LogP contribution < -0.4 is 11.1 Å². The number of benzene rings is 1. The largest absolute Gasteiger partial charge is 0.366 e. The molecule has 0 spiro atoms. The summed E-state index contributed by atoms with van der Waals surface area (Å²) in [5.41, 5.74) is 8.82. The minimum atomic E-state index is -0.622. The van der Waals surface area contributed by atoms with Gasteiger partial charge < -0.3 is 20.5 Å². The van der Waals surface area contributed by atoms with E-state index in [2.05, 4.69) is 15.3 Å². The quantitative estimate of drug-likeness (QED) is 0.371. The average Bonchev–Trinajstić information content (AvgIpc) is 3.62. The molecule has 3 aromatic heterocycles. The number of anilines is 1. The van der Waals surface area contributed by atoms with E-state index in [-0.39, 0.29) is 35.9 Å². The van der Waals surface area contributed by atoms with Gasteiger partial charge in [-0.15, -0.1) is 0 Å². The molecule has 4 aromatic rings. The highest BCUT2D eigenvalue weighted by atomic mass is 19.1. The average molecular weight is 527 g/mol. The first-order chi connectivity index (χ1) is 18.8. The van der Waals surface area contributed by atoms with Gasteiger partial charge in [0.2, 0.25) is 17.8 Å². The Balaban J connectivity index is 1.29. The zero-order chi connectivity index (χ0) is 27.3. The van der Waals surface area contributed by atoms with Crippen LogP contribution in [-0.4, -0.2) is 49.2 Å². The molecule has 3 atom stereocenters. The third kappa shape index (κ3) is 4.52. The second-order valence-corrected chi connectivity index (χ2v) is 10.3. The lowest BCUT2D eigenvalue weighted by atomic mass is 9.97. The molecule has 39 heavy (non-hydrogen) atoms. The van der Waals surface area contributed by atoms with Crippen molar-refractivity contribution in [1.29, 1.82) is 0 Å². The number of hydrogen-bond acceptors (Lipinski definition) is 5. The van der Waals surface area contributed by atoms with Crippen molar-refractivity contribution in [2.24, 2.45) is 11.7 Å². The molecule has 1 aliphatic carbocycles. The number of halogens is 1. The monoisotopic (exact) mass is 526 g/mol. The van der Waals surface area contributed by atoms with Crippen LogP contribution in [0.2, 0.25) is 0 Å². The predicted octanol–water partition coefficient (Wildman–Crippen LogP) is 3.66. The van der Waals surface area contributed by atoms with Crippen LogP contribution in [0.3, 0.4) is 0 Å². The summed E-state index contributed by atoms with van der Waals surface area (Å²) in [5, 5.41) is 3.47. The van der Waals surface area contributed by atoms with Gasteiger partial charge in [-0.05, 0) is 74.1 Å². The van der Waals surface area contributed by atoms with E-state index >= 15 is 0 Å². The van der Waals surface area contributed by atoms with Gasteiger partial charge in [0.05, 0.1) is 5.56 Å². The molecular formula is C29H27FN6O3. The Bertz CT molecular complexity index is 1620. The van der Waals surface area contributed by atoms with E-state index in [0.717, 1.165) is 30.5 Å². The van der Waals surface area contributed by atoms with Gasteiger partial charge in [-0.25, -0.2) is 9.97 Å². The number of aromatic nitrogens is 3.